The Bertz CT molecular complexity index is 340. The summed E-state index contributed by atoms with van der Waals surface area (Å²) >= 11 is 0. The van der Waals surface area contributed by atoms with E-state index in [0.29, 0.717) is 12.3 Å². The van der Waals surface area contributed by atoms with Gasteiger partial charge in [0.2, 0.25) is 0 Å². The highest BCUT2D eigenvalue weighted by Crippen LogP contribution is 2.39. The van der Waals surface area contributed by atoms with E-state index in [1.54, 1.807) is 0 Å². The predicted molar refractivity (Wildman–Crippen MR) is 82.2 cm³/mol. The van der Waals surface area contributed by atoms with Crippen molar-refractivity contribution in [3.05, 3.63) is 0 Å². The Morgan fingerprint density at radius 2 is 2.10 bits per heavy atom. The van der Waals surface area contributed by atoms with Crippen LogP contribution in [0.3, 0.4) is 0 Å². The molecule has 2 aliphatic rings. The van der Waals surface area contributed by atoms with Crippen LogP contribution in [0.25, 0.3) is 0 Å². The smallest absolute Gasteiger partial charge is 0.315 e. The van der Waals surface area contributed by atoms with Gasteiger partial charge in [-0.2, -0.15) is 0 Å². The van der Waals surface area contributed by atoms with Crippen LogP contribution in [0.4, 0.5) is 4.79 Å². The van der Waals surface area contributed by atoms with E-state index in [9.17, 15) is 4.79 Å². The van der Waals surface area contributed by atoms with Gasteiger partial charge in [-0.25, -0.2) is 4.79 Å². The highest BCUT2D eigenvalue weighted by molar-refractivity contribution is 5.74. The largest absolute Gasteiger partial charge is 0.396 e. The van der Waals surface area contributed by atoms with E-state index in [4.69, 9.17) is 9.84 Å². The van der Waals surface area contributed by atoms with Crippen LogP contribution in [0.1, 0.15) is 58.8 Å². The molecule has 0 aromatic carbocycles. The third kappa shape index (κ3) is 4.58. The maximum Gasteiger partial charge on any atom is 0.315 e. The van der Waals surface area contributed by atoms with Crippen molar-refractivity contribution in [2.75, 3.05) is 13.2 Å². The first-order valence-corrected chi connectivity index (χ1v) is 8.36. The van der Waals surface area contributed by atoms with E-state index < -0.39 is 0 Å². The summed E-state index contributed by atoms with van der Waals surface area (Å²) in [7, 11) is 0. The number of carbonyl (C=O) groups excluding carboxylic acids is 1. The first-order valence-electron chi connectivity index (χ1n) is 8.36. The van der Waals surface area contributed by atoms with E-state index in [1.807, 2.05) is 0 Å². The molecule has 2 unspecified atom stereocenters. The molecular formula is C16H30N2O3. The fourth-order valence-corrected chi connectivity index (χ4v) is 3.63. The number of hydrogen-bond donors (Lipinski definition) is 3. The van der Waals surface area contributed by atoms with E-state index in [-0.39, 0.29) is 30.3 Å². The summed E-state index contributed by atoms with van der Waals surface area (Å²) in [6.45, 7) is 4.96. The van der Waals surface area contributed by atoms with Crippen LogP contribution in [0.2, 0.25) is 0 Å². The van der Waals surface area contributed by atoms with Crippen molar-refractivity contribution in [1.82, 2.24) is 10.6 Å². The lowest BCUT2D eigenvalue weighted by molar-refractivity contribution is -0.0820. The lowest BCUT2D eigenvalue weighted by atomic mass is 9.89. The van der Waals surface area contributed by atoms with Gasteiger partial charge in [-0.1, -0.05) is 26.7 Å². The number of rotatable bonds is 5. The molecule has 2 amide bonds. The van der Waals surface area contributed by atoms with Crippen LogP contribution in [-0.4, -0.2) is 42.0 Å². The lowest BCUT2D eigenvalue weighted by Crippen LogP contribution is -2.52. The average Bonchev–Trinajstić information content (AvgIpc) is 2.86. The van der Waals surface area contributed by atoms with Gasteiger partial charge in [0.15, 0.2) is 0 Å². The van der Waals surface area contributed by atoms with E-state index in [1.165, 1.54) is 12.8 Å². The van der Waals surface area contributed by atoms with Gasteiger partial charge in [-0.05, 0) is 38.0 Å². The van der Waals surface area contributed by atoms with Crippen LogP contribution in [0, 0.1) is 5.92 Å². The maximum absolute atomic E-state index is 12.2. The fraction of sp³-hybridized carbons (Fsp3) is 0.938. The molecule has 21 heavy (non-hydrogen) atoms. The van der Waals surface area contributed by atoms with Crippen LogP contribution >= 0.6 is 0 Å². The number of aliphatic hydroxyl groups excluding tert-OH is 1. The Kier molecular flexibility index (Phi) is 5.88. The predicted octanol–water partition coefficient (Wildman–Crippen LogP) is 2.18. The monoisotopic (exact) mass is 298 g/mol. The van der Waals surface area contributed by atoms with Gasteiger partial charge in [-0.3, -0.25) is 0 Å². The van der Waals surface area contributed by atoms with E-state index >= 15 is 0 Å². The molecule has 0 radical (unpaired) electrons. The van der Waals surface area contributed by atoms with Gasteiger partial charge in [0.05, 0.1) is 5.60 Å². The van der Waals surface area contributed by atoms with Crippen LogP contribution in [0.5, 0.6) is 0 Å². The highest BCUT2D eigenvalue weighted by atomic mass is 16.5. The normalized spacial score (nSPS) is 26.0. The number of carbonyl (C=O) groups is 1. The lowest BCUT2D eigenvalue weighted by Gasteiger charge is -2.38. The number of amides is 2. The molecule has 3 N–H and O–H groups in total. The molecule has 5 heteroatoms. The summed E-state index contributed by atoms with van der Waals surface area (Å²) < 4.78 is 5.99. The van der Waals surface area contributed by atoms with Gasteiger partial charge in [0.1, 0.15) is 0 Å². The quantitative estimate of drug-likeness (QED) is 0.728. The van der Waals surface area contributed by atoms with Crippen molar-refractivity contribution in [1.29, 1.82) is 0 Å². The minimum absolute atomic E-state index is 0.0234. The Morgan fingerprint density at radius 1 is 1.38 bits per heavy atom. The highest BCUT2D eigenvalue weighted by Gasteiger charge is 2.40. The maximum atomic E-state index is 12.2. The number of ether oxygens (including phenoxy) is 1. The van der Waals surface area contributed by atoms with Gasteiger partial charge < -0.3 is 20.5 Å². The first kappa shape index (κ1) is 16.6. The average molecular weight is 298 g/mol. The molecule has 1 spiro atoms. The zero-order valence-corrected chi connectivity index (χ0v) is 13.4. The third-order valence-electron chi connectivity index (χ3n) is 4.90. The molecule has 1 heterocycles. The van der Waals surface area contributed by atoms with Crippen LogP contribution in [-0.2, 0) is 4.74 Å². The summed E-state index contributed by atoms with van der Waals surface area (Å²) in [5.41, 5.74) is 0.0265. The molecule has 2 atom stereocenters. The number of aliphatic hydroxyl groups is 1. The zero-order valence-electron chi connectivity index (χ0n) is 13.4. The molecule has 1 saturated heterocycles. The molecule has 0 bridgehead atoms. The minimum Gasteiger partial charge on any atom is -0.396 e. The van der Waals surface area contributed by atoms with Crippen molar-refractivity contribution in [2.45, 2.75) is 76.5 Å². The molecule has 5 nitrogen and oxygen atoms in total. The van der Waals surface area contributed by atoms with Crippen molar-refractivity contribution in [3.8, 4) is 0 Å². The molecule has 2 fully saturated rings. The second kappa shape index (κ2) is 7.45. The molecule has 1 aliphatic carbocycles. The van der Waals surface area contributed by atoms with Crippen molar-refractivity contribution >= 4 is 6.03 Å². The second-order valence-electron chi connectivity index (χ2n) is 6.91. The van der Waals surface area contributed by atoms with E-state index in [2.05, 4.69) is 24.5 Å². The van der Waals surface area contributed by atoms with Gasteiger partial charge in [0.25, 0.3) is 0 Å². The van der Waals surface area contributed by atoms with Gasteiger partial charge in [0, 0.05) is 25.3 Å². The van der Waals surface area contributed by atoms with Crippen molar-refractivity contribution < 1.29 is 14.6 Å². The summed E-state index contributed by atoms with van der Waals surface area (Å²) in [4.78, 5) is 12.2. The Morgan fingerprint density at radius 3 is 2.71 bits per heavy atom. The number of nitrogens with one attached hydrogen (secondary N) is 2. The number of hydrogen-bond acceptors (Lipinski definition) is 3. The molecule has 2 rings (SSSR count). The Balaban J connectivity index is 1.81. The molecule has 122 valence electrons. The standard InChI is InChI=1S/C16H30N2O3/c1-12(2)14(5-9-19)18-15(20)17-13-6-10-21-16(11-13)7-3-4-8-16/h12-14,19H,3-11H2,1-2H3,(H2,17,18,20). The molecular weight excluding hydrogens is 268 g/mol. The van der Waals surface area contributed by atoms with Gasteiger partial charge >= 0.3 is 6.03 Å². The topological polar surface area (TPSA) is 70.6 Å². The second-order valence-corrected chi connectivity index (χ2v) is 6.91. The summed E-state index contributed by atoms with van der Waals surface area (Å²) in [5.74, 6) is 0.318. The molecule has 1 aliphatic heterocycles. The van der Waals surface area contributed by atoms with Crippen LogP contribution in [0.15, 0.2) is 0 Å². The molecule has 0 aromatic rings. The summed E-state index contributed by atoms with van der Waals surface area (Å²) in [5, 5.41) is 15.2. The Hall–Kier alpha value is -0.810. The van der Waals surface area contributed by atoms with Gasteiger partial charge in [-0.15, -0.1) is 0 Å². The van der Waals surface area contributed by atoms with E-state index in [0.717, 1.165) is 32.3 Å². The SMILES string of the molecule is CC(C)C(CCO)NC(=O)NC1CCOC2(CCCC2)C1. The third-order valence-corrected chi connectivity index (χ3v) is 4.90. The minimum atomic E-state index is -0.109. The van der Waals surface area contributed by atoms with Crippen LogP contribution < -0.4 is 10.6 Å². The van der Waals surface area contributed by atoms with Crippen molar-refractivity contribution in [3.63, 3.8) is 0 Å². The molecule has 1 saturated carbocycles. The summed E-state index contributed by atoms with van der Waals surface area (Å²) in [6, 6.07) is 0.122. The Labute approximate surface area is 127 Å². The first-order chi connectivity index (χ1) is 10.0. The zero-order chi connectivity index (χ0) is 15.3. The van der Waals surface area contributed by atoms with Crippen molar-refractivity contribution in [2.24, 2.45) is 5.92 Å². The number of urea groups is 1. The molecule has 0 aromatic heterocycles. The fourth-order valence-electron chi connectivity index (χ4n) is 3.63. The summed E-state index contributed by atoms with van der Waals surface area (Å²) in [6.07, 6.45) is 7.17.